The summed E-state index contributed by atoms with van der Waals surface area (Å²) in [6.45, 7) is 10.8. The molecule has 1 amide bonds. The third-order valence-electron chi connectivity index (χ3n) is 3.46. The Bertz CT molecular complexity index is 205. The van der Waals surface area contributed by atoms with E-state index in [1.54, 1.807) is 0 Å². The second-order valence-electron chi connectivity index (χ2n) is 4.78. The van der Waals surface area contributed by atoms with Gasteiger partial charge in [-0.1, -0.05) is 27.7 Å². The first kappa shape index (κ1) is 18.1. The largest absolute Gasteiger partial charge is 0.349 e. The number of nitrogens with one attached hydrogen (secondary N) is 1. The third kappa shape index (κ3) is 4.71. The maximum Gasteiger partial charge on any atom is 0.223 e. The smallest absolute Gasteiger partial charge is 0.223 e. The van der Waals surface area contributed by atoms with Crippen molar-refractivity contribution in [3.8, 4) is 0 Å². The van der Waals surface area contributed by atoms with Crippen molar-refractivity contribution in [1.29, 1.82) is 0 Å². The Balaban J connectivity index is 0. The summed E-state index contributed by atoms with van der Waals surface area (Å²) in [4.78, 5) is 11.9. The molecule has 3 N–H and O–H groups in total. The van der Waals surface area contributed by atoms with Crippen LogP contribution in [-0.4, -0.2) is 18.0 Å². The van der Waals surface area contributed by atoms with Gasteiger partial charge in [0.1, 0.15) is 0 Å². The van der Waals surface area contributed by atoms with Crippen LogP contribution >= 0.6 is 12.4 Å². The van der Waals surface area contributed by atoms with Gasteiger partial charge in [0.15, 0.2) is 0 Å². The third-order valence-corrected chi connectivity index (χ3v) is 3.46. The molecular weight excluding hydrogens is 224 g/mol. The van der Waals surface area contributed by atoms with E-state index in [9.17, 15) is 4.79 Å². The lowest BCUT2D eigenvalue weighted by molar-refractivity contribution is -0.127. The van der Waals surface area contributed by atoms with E-state index in [4.69, 9.17) is 5.73 Å². The van der Waals surface area contributed by atoms with Crippen molar-refractivity contribution in [1.82, 2.24) is 5.32 Å². The lowest BCUT2D eigenvalue weighted by Crippen LogP contribution is -2.56. The fraction of sp³-hybridized carbons (Fsp3) is 0.917. The van der Waals surface area contributed by atoms with Gasteiger partial charge in [-0.3, -0.25) is 4.79 Å². The van der Waals surface area contributed by atoms with Crippen LogP contribution in [0.4, 0.5) is 0 Å². The molecule has 0 aromatic heterocycles. The lowest BCUT2D eigenvalue weighted by atomic mass is 9.87. The molecule has 0 aliphatic carbocycles. The van der Waals surface area contributed by atoms with E-state index in [0.29, 0.717) is 12.5 Å². The molecule has 0 rings (SSSR count). The number of carbonyl (C=O) groups excluding carboxylic acids is 1. The fourth-order valence-electron chi connectivity index (χ4n) is 1.47. The molecule has 0 bridgehead atoms. The number of rotatable bonds is 6. The minimum Gasteiger partial charge on any atom is -0.349 e. The highest BCUT2D eigenvalue weighted by atomic mass is 35.5. The standard InChI is InChI=1S/C12H26N2O.ClH/c1-6-10(7-2)11(15)14-12(5,8-13)9(3)4;/h9-10H,6-8,13H2,1-5H3,(H,14,15);1H. The number of amides is 1. The van der Waals surface area contributed by atoms with Crippen molar-refractivity contribution in [3.05, 3.63) is 0 Å². The van der Waals surface area contributed by atoms with Crippen LogP contribution in [0.15, 0.2) is 0 Å². The van der Waals surface area contributed by atoms with Crippen LogP contribution in [0, 0.1) is 11.8 Å². The van der Waals surface area contributed by atoms with Crippen molar-refractivity contribution < 1.29 is 4.79 Å². The van der Waals surface area contributed by atoms with Gasteiger partial charge in [-0.05, 0) is 25.7 Å². The first-order valence-electron chi connectivity index (χ1n) is 5.93. The average Bonchev–Trinajstić information content (AvgIpc) is 2.19. The van der Waals surface area contributed by atoms with E-state index >= 15 is 0 Å². The zero-order valence-electron chi connectivity index (χ0n) is 11.2. The SMILES string of the molecule is CCC(CC)C(=O)NC(C)(CN)C(C)C.Cl. The van der Waals surface area contributed by atoms with Crippen LogP contribution in [0.2, 0.25) is 0 Å². The van der Waals surface area contributed by atoms with Gasteiger partial charge in [-0.15, -0.1) is 12.4 Å². The molecule has 0 aromatic rings. The highest BCUT2D eigenvalue weighted by Gasteiger charge is 2.30. The molecular formula is C12H27ClN2O. The molecule has 0 radical (unpaired) electrons. The first-order chi connectivity index (χ1) is 6.91. The number of halogens is 1. The molecule has 0 aromatic carbocycles. The summed E-state index contributed by atoms with van der Waals surface area (Å²) in [7, 11) is 0. The molecule has 0 aliphatic rings. The Morgan fingerprint density at radius 3 is 2.00 bits per heavy atom. The minimum atomic E-state index is -0.278. The molecule has 0 aliphatic heterocycles. The molecule has 0 saturated carbocycles. The number of hydrogen-bond donors (Lipinski definition) is 2. The highest BCUT2D eigenvalue weighted by Crippen LogP contribution is 2.17. The van der Waals surface area contributed by atoms with Crippen molar-refractivity contribution in [3.63, 3.8) is 0 Å². The Kier molecular flexibility index (Phi) is 8.94. The zero-order chi connectivity index (χ0) is 12.1. The van der Waals surface area contributed by atoms with E-state index in [0.717, 1.165) is 12.8 Å². The topological polar surface area (TPSA) is 55.1 Å². The first-order valence-corrected chi connectivity index (χ1v) is 5.93. The van der Waals surface area contributed by atoms with Gasteiger partial charge < -0.3 is 11.1 Å². The van der Waals surface area contributed by atoms with Crippen molar-refractivity contribution >= 4 is 18.3 Å². The van der Waals surface area contributed by atoms with Crippen LogP contribution in [0.5, 0.6) is 0 Å². The Hall–Kier alpha value is -0.280. The zero-order valence-corrected chi connectivity index (χ0v) is 12.0. The Morgan fingerprint density at radius 1 is 1.31 bits per heavy atom. The van der Waals surface area contributed by atoms with Gasteiger partial charge in [-0.25, -0.2) is 0 Å². The highest BCUT2D eigenvalue weighted by molar-refractivity contribution is 5.85. The normalized spacial score (nSPS) is 14.5. The molecule has 98 valence electrons. The quantitative estimate of drug-likeness (QED) is 0.760. The molecule has 4 heteroatoms. The van der Waals surface area contributed by atoms with E-state index in [1.165, 1.54) is 0 Å². The molecule has 3 nitrogen and oxygen atoms in total. The summed E-state index contributed by atoms with van der Waals surface area (Å²) < 4.78 is 0. The minimum absolute atomic E-state index is 0. The van der Waals surface area contributed by atoms with E-state index < -0.39 is 0 Å². The Morgan fingerprint density at radius 2 is 1.75 bits per heavy atom. The summed E-state index contributed by atoms with van der Waals surface area (Å²) >= 11 is 0. The Labute approximate surface area is 106 Å². The van der Waals surface area contributed by atoms with Crippen molar-refractivity contribution in [2.24, 2.45) is 17.6 Å². The fourth-order valence-corrected chi connectivity index (χ4v) is 1.47. The van der Waals surface area contributed by atoms with Crippen LogP contribution in [0.25, 0.3) is 0 Å². The van der Waals surface area contributed by atoms with Gasteiger partial charge in [0.25, 0.3) is 0 Å². The molecule has 1 unspecified atom stereocenters. The van der Waals surface area contributed by atoms with Crippen LogP contribution in [0.3, 0.4) is 0 Å². The number of carbonyl (C=O) groups is 1. The monoisotopic (exact) mass is 250 g/mol. The number of hydrogen-bond acceptors (Lipinski definition) is 2. The van der Waals surface area contributed by atoms with E-state index in [2.05, 4.69) is 19.2 Å². The number of nitrogens with two attached hydrogens (primary N) is 1. The molecule has 0 heterocycles. The molecule has 0 spiro atoms. The second-order valence-corrected chi connectivity index (χ2v) is 4.78. The molecule has 16 heavy (non-hydrogen) atoms. The summed E-state index contributed by atoms with van der Waals surface area (Å²) in [5.74, 6) is 0.608. The summed E-state index contributed by atoms with van der Waals surface area (Å²) in [5.41, 5.74) is 5.45. The summed E-state index contributed by atoms with van der Waals surface area (Å²) in [6.07, 6.45) is 1.78. The van der Waals surface area contributed by atoms with Gasteiger partial charge in [0, 0.05) is 12.5 Å². The van der Waals surface area contributed by atoms with E-state index in [-0.39, 0.29) is 29.8 Å². The van der Waals surface area contributed by atoms with Crippen molar-refractivity contribution in [2.45, 2.75) is 53.0 Å². The average molecular weight is 251 g/mol. The second kappa shape index (κ2) is 7.91. The summed E-state index contributed by atoms with van der Waals surface area (Å²) in [6, 6.07) is 0. The molecule has 0 fully saturated rings. The van der Waals surface area contributed by atoms with Crippen LogP contribution in [-0.2, 0) is 4.79 Å². The van der Waals surface area contributed by atoms with Gasteiger partial charge in [-0.2, -0.15) is 0 Å². The predicted octanol–water partition coefficient (Wildman–Crippen LogP) is 2.33. The van der Waals surface area contributed by atoms with Crippen LogP contribution < -0.4 is 11.1 Å². The van der Waals surface area contributed by atoms with Gasteiger partial charge in [0.2, 0.25) is 5.91 Å². The van der Waals surface area contributed by atoms with Crippen molar-refractivity contribution in [2.75, 3.05) is 6.54 Å². The summed E-state index contributed by atoms with van der Waals surface area (Å²) in [5, 5.41) is 3.08. The van der Waals surface area contributed by atoms with Gasteiger partial charge in [0.05, 0.1) is 5.54 Å². The van der Waals surface area contributed by atoms with Crippen LogP contribution in [0.1, 0.15) is 47.5 Å². The maximum atomic E-state index is 11.9. The van der Waals surface area contributed by atoms with E-state index in [1.807, 2.05) is 20.8 Å². The van der Waals surface area contributed by atoms with Gasteiger partial charge >= 0.3 is 0 Å². The molecule has 1 atom stereocenters. The lowest BCUT2D eigenvalue weighted by Gasteiger charge is -2.34. The predicted molar refractivity (Wildman–Crippen MR) is 71.8 cm³/mol. The molecule has 0 saturated heterocycles. The maximum absolute atomic E-state index is 11.9.